The first-order valence-electron chi connectivity index (χ1n) is 9.80. The van der Waals surface area contributed by atoms with E-state index in [1.54, 1.807) is 0 Å². The Morgan fingerprint density at radius 2 is 1.86 bits per heavy atom. The minimum Gasteiger partial charge on any atom is -0.462 e. The molecule has 0 bridgehead atoms. The molecule has 29 heavy (non-hydrogen) atoms. The summed E-state index contributed by atoms with van der Waals surface area (Å²) in [5.74, 6) is 0.514. The van der Waals surface area contributed by atoms with Gasteiger partial charge in [-0.05, 0) is 77.0 Å². The standard InChI is InChI=1S/C17H17ClN4.C5H10O2/c18-13-1-3-14(4-2-13)22-16-11-20-10-7-15(16)17(21-22)12-5-8-19-9-6-12;1-5(2,3)7-4-6/h1-4,7,10-12,19H,5-6,8-9H2;4H,1-3H3. The molecule has 1 saturated heterocycles. The molecule has 1 fully saturated rings. The van der Waals surface area contributed by atoms with Crippen LogP contribution in [0.3, 0.4) is 0 Å². The molecule has 0 amide bonds. The van der Waals surface area contributed by atoms with Gasteiger partial charge in [0.2, 0.25) is 0 Å². The molecule has 0 radical (unpaired) electrons. The average molecular weight is 415 g/mol. The van der Waals surface area contributed by atoms with Gasteiger partial charge in [-0.15, -0.1) is 0 Å². The fourth-order valence-corrected chi connectivity index (χ4v) is 3.43. The maximum atomic E-state index is 9.60. The number of ether oxygens (including phenoxy) is 1. The minimum absolute atomic E-state index is 0.318. The molecule has 4 rings (SSSR count). The first-order valence-corrected chi connectivity index (χ1v) is 10.2. The summed E-state index contributed by atoms with van der Waals surface area (Å²) in [4.78, 5) is 13.9. The summed E-state index contributed by atoms with van der Waals surface area (Å²) in [6, 6.07) is 9.85. The van der Waals surface area contributed by atoms with E-state index in [9.17, 15) is 4.79 Å². The molecule has 2 aromatic heterocycles. The molecule has 1 aromatic carbocycles. The van der Waals surface area contributed by atoms with E-state index < -0.39 is 0 Å². The highest BCUT2D eigenvalue weighted by Gasteiger charge is 2.22. The van der Waals surface area contributed by atoms with Crippen LogP contribution in [0.2, 0.25) is 5.02 Å². The number of hydrogen-bond acceptors (Lipinski definition) is 5. The van der Waals surface area contributed by atoms with Crippen molar-refractivity contribution in [3.8, 4) is 5.69 Å². The molecule has 3 heterocycles. The number of halogens is 1. The first-order chi connectivity index (χ1) is 13.9. The number of rotatable bonds is 3. The molecule has 6 nitrogen and oxygen atoms in total. The molecule has 7 heteroatoms. The second-order valence-corrected chi connectivity index (χ2v) is 8.45. The third-order valence-electron chi connectivity index (χ3n) is 4.71. The summed E-state index contributed by atoms with van der Waals surface area (Å²) in [5.41, 5.74) is 2.94. The molecule has 154 valence electrons. The second-order valence-electron chi connectivity index (χ2n) is 8.02. The minimum atomic E-state index is -0.318. The monoisotopic (exact) mass is 414 g/mol. The Balaban J connectivity index is 0.000000298. The van der Waals surface area contributed by atoms with Crippen molar-refractivity contribution in [1.29, 1.82) is 0 Å². The van der Waals surface area contributed by atoms with Gasteiger partial charge in [-0.3, -0.25) is 9.78 Å². The van der Waals surface area contributed by atoms with Crippen LogP contribution in [0.25, 0.3) is 16.6 Å². The number of nitrogens with zero attached hydrogens (tertiary/aromatic N) is 3. The van der Waals surface area contributed by atoms with Crippen molar-refractivity contribution >= 4 is 29.0 Å². The predicted molar refractivity (Wildman–Crippen MR) is 116 cm³/mol. The first kappa shape index (κ1) is 21.3. The highest BCUT2D eigenvalue weighted by molar-refractivity contribution is 6.30. The van der Waals surface area contributed by atoms with Gasteiger partial charge in [0.05, 0.1) is 23.1 Å². The largest absolute Gasteiger partial charge is 0.462 e. The SMILES string of the molecule is CC(C)(C)OC=O.Clc1ccc(-n2nc(C3CCNCC3)c3ccncc32)cc1. The van der Waals surface area contributed by atoms with E-state index in [0.717, 1.165) is 42.2 Å². The van der Waals surface area contributed by atoms with Crippen molar-refractivity contribution in [3.63, 3.8) is 0 Å². The number of nitrogens with one attached hydrogen (secondary N) is 1. The maximum absolute atomic E-state index is 9.60. The lowest BCUT2D eigenvalue weighted by molar-refractivity contribution is -0.138. The van der Waals surface area contributed by atoms with Crippen LogP contribution in [-0.2, 0) is 9.53 Å². The van der Waals surface area contributed by atoms with Crippen LogP contribution in [0.5, 0.6) is 0 Å². The van der Waals surface area contributed by atoms with Gasteiger partial charge in [0.25, 0.3) is 6.47 Å². The van der Waals surface area contributed by atoms with Gasteiger partial charge in [0, 0.05) is 22.5 Å². The molecule has 3 aromatic rings. The number of carbonyl (C=O) groups is 1. The van der Waals surface area contributed by atoms with Crippen molar-refractivity contribution in [2.45, 2.75) is 45.1 Å². The van der Waals surface area contributed by atoms with Crippen molar-refractivity contribution in [2.24, 2.45) is 0 Å². The number of carbonyl (C=O) groups excluding carboxylic acids is 1. The maximum Gasteiger partial charge on any atom is 0.293 e. The fraction of sp³-hybridized carbons (Fsp3) is 0.409. The van der Waals surface area contributed by atoms with Crippen LogP contribution < -0.4 is 5.32 Å². The Morgan fingerprint density at radius 3 is 2.45 bits per heavy atom. The highest BCUT2D eigenvalue weighted by atomic mass is 35.5. The van der Waals surface area contributed by atoms with Gasteiger partial charge in [0.1, 0.15) is 5.60 Å². The van der Waals surface area contributed by atoms with Crippen molar-refractivity contribution in [1.82, 2.24) is 20.1 Å². The van der Waals surface area contributed by atoms with Crippen LogP contribution in [-0.4, -0.2) is 39.9 Å². The van der Waals surface area contributed by atoms with Gasteiger partial charge in [-0.1, -0.05) is 11.6 Å². The zero-order valence-electron chi connectivity index (χ0n) is 17.1. The fourth-order valence-electron chi connectivity index (χ4n) is 3.31. The number of aromatic nitrogens is 3. The molecular formula is C22H27ClN4O2. The van der Waals surface area contributed by atoms with E-state index in [0.29, 0.717) is 12.4 Å². The van der Waals surface area contributed by atoms with E-state index in [2.05, 4.69) is 21.1 Å². The molecule has 0 unspecified atom stereocenters. The average Bonchev–Trinajstić information content (AvgIpc) is 3.09. The molecule has 0 aliphatic carbocycles. The molecule has 1 aliphatic heterocycles. The number of pyridine rings is 1. The molecule has 1 aliphatic rings. The lowest BCUT2D eigenvalue weighted by Gasteiger charge is -2.21. The third kappa shape index (κ3) is 5.55. The highest BCUT2D eigenvalue weighted by Crippen LogP contribution is 2.31. The molecule has 0 spiro atoms. The van der Waals surface area contributed by atoms with Crippen molar-refractivity contribution in [3.05, 3.63) is 53.4 Å². The second kappa shape index (κ2) is 9.37. The van der Waals surface area contributed by atoms with Crippen LogP contribution >= 0.6 is 11.6 Å². The molecule has 0 saturated carbocycles. The van der Waals surface area contributed by atoms with Gasteiger partial charge in [0.15, 0.2) is 0 Å². The smallest absolute Gasteiger partial charge is 0.293 e. The number of fused-ring (bicyclic) bond motifs is 1. The van der Waals surface area contributed by atoms with Gasteiger partial charge in [-0.2, -0.15) is 5.10 Å². The van der Waals surface area contributed by atoms with Crippen LogP contribution in [0.4, 0.5) is 0 Å². The lowest BCUT2D eigenvalue weighted by Crippen LogP contribution is -2.26. The summed E-state index contributed by atoms with van der Waals surface area (Å²) >= 11 is 6.00. The zero-order chi connectivity index (χ0) is 20.9. The predicted octanol–water partition coefficient (Wildman–Crippen LogP) is 4.50. The Hall–Kier alpha value is -2.44. The molecule has 0 atom stereocenters. The van der Waals surface area contributed by atoms with Gasteiger partial charge < -0.3 is 10.1 Å². The summed E-state index contributed by atoms with van der Waals surface area (Å²) < 4.78 is 6.53. The third-order valence-corrected chi connectivity index (χ3v) is 4.96. The Kier molecular flexibility index (Phi) is 6.87. The quantitative estimate of drug-likeness (QED) is 0.639. The summed E-state index contributed by atoms with van der Waals surface area (Å²) in [7, 11) is 0. The van der Waals surface area contributed by atoms with Gasteiger partial charge >= 0.3 is 0 Å². The lowest BCUT2D eigenvalue weighted by atomic mass is 9.93. The van der Waals surface area contributed by atoms with Crippen LogP contribution in [0.15, 0.2) is 42.7 Å². The molecular weight excluding hydrogens is 388 g/mol. The van der Waals surface area contributed by atoms with Crippen LogP contribution in [0.1, 0.15) is 45.2 Å². The van der Waals surface area contributed by atoms with E-state index >= 15 is 0 Å². The van der Waals surface area contributed by atoms with E-state index in [1.807, 2.05) is 62.1 Å². The van der Waals surface area contributed by atoms with Crippen LogP contribution in [0, 0.1) is 0 Å². The Morgan fingerprint density at radius 1 is 1.17 bits per heavy atom. The van der Waals surface area contributed by atoms with E-state index in [4.69, 9.17) is 16.7 Å². The normalized spacial score (nSPS) is 14.9. The zero-order valence-corrected chi connectivity index (χ0v) is 17.8. The van der Waals surface area contributed by atoms with Gasteiger partial charge in [-0.25, -0.2) is 4.68 Å². The topological polar surface area (TPSA) is 69.0 Å². The summed E-state index contributed by atoms with van der Waals surface area (Å²) in [5, 5.41) is 10.3. The van der Waals surface area contributed by atoms with Crippen molar-refractivity contribution < 1.29 is 9.53 Å². The summed E-state index contributed by atoms with van der Waals surface area (Å²) in [6.07, 6.45) is 6.01. The Labute approximate surface area is 176 Å². The number of benzene rings is 1. The van der Waals surface area contributed by atoms with E-state index in [-0.39, 0.29) is 5.60 Å². The van der Waals surface area contributed by atoms with E-state index in [1.165, 1.54) is 11.1 Å². The molecule has 1 N–H and O–H groups in total. The number of hydrogen-bond donors (Lipinski definition) is 1. The summed E-state index contributed by atoms with van der Waals surface area (Å²) in [6.45, 7) is 8.04. The Bertz CT molecular complexity index is 942. The number of piperidine rings is 1. The van der Waals surface area contributed by atoms with Crippen molar-refractivity contribution in [2.75, 3.05) is 13.1 Å².